The van der Waals surface area contributed by atoms with Crippen LogP contribution in [0.25, 0.3) is 0 Å². The summed E-state index contributed by atoms with van der Waals surface area (Å²) in [6.07, 6.45) is 4.91. The highest BCUT2D eigenvalue weighted by molar-refractivity contribution is 5.79. The molecule has 1 unspecified atom stereocenters. The Morgan fingerprint density at radius 2 is 2.00 bits per heavy atom. The maximum Gasteiger partial charge on any atom is 0.260 e. The minimum atomic E-state index is 0.0639. The van der Waals surface area contributed by atoms with Crippen molar-refractivity contribution in [1.29, 1.82) is 0 Å². The van der Waals surface area contributed by atoms with Gasteiger partial charge in [-0.1, -0.05) is 25.1 Å². The average molecular weight is 373 g/mol. The number of rotatable bonds is 8. The second kappa shape index (κ2) is 9.74. The van der Waals surface area contributed by atoms with Crippen LogP contribution in [0.4, 0.5) is 0 Å². The number of benzene rings is 1. The van der Waals surface area contributed by atoms with Gasteiger partial charge in [0.1, 0.15) is 5.75 Å². The summed E-state index contributed by atoms with van der Waals surface area (Å²) in [5.74, 6) is 1.03. The van der Waals surface area contributed by atoms with Crippen molar-refractivity contribution in [3.8, 4) is 5.75 Å². The first-order valence-corrected chi connectivity index (χ1v) is 10.2. The van der Waals surface area contributed by atoms with Crippen LogP contribution in [0.5, 0.6) is 5.75 Å². The van der Waals surface area contributed by atoms with Crippen molar-refractivity contribution in [1.82, 2.24) is 15.1 Å². The summed E-state index contributed by atoms with van der Waals surface area (Å²) in [7, 11) is 0. The predicted octanol–water partition coefficient (Wildman–Crippen LogP) is 2.18. The van der Waals surface area contributed by atoms with Crippen molar-refractivity contribution in [2.75, 3.05) is 32.8 Å². The van der Waals surface area contributed by atoms with Gasteiger partial charge in [-0.2, -0.15) is 0 Å². The van der Waals surface area contributed by atoms with E-state index >= 15 is 0 Å². The molecule has 6 nitrogen and oxygen atoms in total. The zero-order valence-corrected chi connectivity index (χ0v) is 16.3. The van der Waals surface area contributed by atoms with Crippen LogP contribution in [0.1, 0.15) is 44.6 Å². The molecular weight excluding hydrogens is 342 g/mol. The number of nitrogens with zero attached hydrogens (tertiary/aromatic N) is 2. The molecule has 1 atom stereocenters. The Morgan fingerprint density at radius 1 is 1.22 bits per heavy atom. The van der Waals surface area contributed by atoms with Gasteiger partial charge in [0.15, 0.2) is 6.61 Å². The minimum absolute atomic E-state index is 0.0639. The minimum Gasteiger partial charge on any atom is -0.483 e. The Morgan fingerprint density at radius 3 is 2.78 bits per heavy atom. The molecule has 3 rings (SSSR count). The molecule has 2 amide bonds. The number of amides is 2. The molecule has 27 heavy (non-hydrogen) atoms. The van der Waals surface area contributed by atoms with Gasteiger partial charge in [-0.3, -0.25) is 9.59 Å². The molecule has 1 aromatic rings. The Kier molecular flexibility index (Phi) is 7.10. The van der Waals surface area contributed by atoms with Gasteiger partial charge in [0, 0.05) is 50.7 Å². The summed E-state index contributed by atoms with van der Waals surface area (Å²) >= 11 is 0. The van der Waals surface area contributed by atoms with E-state index in [2.05, 4.69) is 12.2 Å². The smallest absolute Gasteiger partial charge is 0.260 e. The van der Waals surface area contributed by atoms with Gasteiger partial charge < -0.3 is 19.9 Å². The van der Waals surface area contributed by atoms with E-state index in [1.165, 1.54) is 6.42 Å². The van der Waals surface area contributed by atoms with E-state index < -0.39 is 0 Å². The van der Waals surface area contributed by atoms with Crippen LogP contribution in [0.15, 0.2) is 24.3 Å². The number of hydrogen-bond donors (Lipinski definition) is 1. The molecule has 0 spiro atoms. The molecule has 2 fully saturated rings. The quantitative estimate of drug-likeness (QED) is 0.759. The zero-order chi connectivity index (χ0) is 19.1. The van der Waals surface area contributed by atoms with Crippen molar-refractivity contribution < 1.29 is 14.3 Å². The van der Waals surface area contributed by atoms with E-state index in [-0.39, 0.29) is 24.5 Å². The van der Waals surface area contributed by atoms with Gasteiger partial charge in [0.25, 0.3) is 5.91 Å². The van der Waals surface area contributed by atoms with Crippen LogP contribution in [-0.2, 0) is 16.1 Å². The summed E-state index contributed by atoms with van der Waals surface area (Å²) in [6, 6.07) is 7.98. The first-order chi connectivity index (χ1) is 13.2. The molecule has 0 bridgehead atoms. The van der Waals surface area contributed by atoms with E-state index in [0.29, 0.717) is 13.0 Å². The number of carbonyl (C=O) groups excluding carboxylic acids is 2. The third-order valence-electron chi connectivity index (χ3n) is 5.32. The highest BCUT2D eigenvalue weighted by Gasteiger charge is 2.28. The maximum absolute atomic E-state index is 12.3. The van der Waals surface area contributed by atoms with Gasteiger partial charge in [-0.25, -0.2) is 0 Å². The number of piperidine rings is 1. The largest absolute Gasteiger partial charge is 0.483 e. The normalized spacial score (nSPS) is 20.2. The predicted molar refractivity (Wildman–Crippen MR) is 104 cm³/mol. The second-order valence-electron chi connectivity index (χ2n) is 7.46. The third-order valence-corrected chi connectivity index (χ3v) is 5.32. The van der Waals surface area contributed by atoms with E-state index in [9.17, 15) is 9.59 Å². The van der Waals surface area contributed by atoms with Crippen LogP contribution >= 0.6 is 0 Å². The Bertz CT molecular complexity index is 643. The van der Waals surface area contributed by atoms with Crippen molar-refractivity contribution >= 4 is 11.8 Å². The number of ether oxygens (including phenoxy) is 1. The lowest BCUT2D eigenvalue weighted by Crippen LogP contribution is -2.38. The van der Waals surface area contributed by atoms with Gasteiger partial charge in [-0.05, 0) is 31.7 Å². The molecule has 1 N–H and O–H groups in total. The van der Waals surface area contributed by atoms with Crippen molar-refractivity contribution in [3.63, 3.8) is 0 Å². The van der Waals surface area contributed by atoms with E-state index in [4.69, 9.17) is 4.74 Å². The SMILES string of the molecule is CCCN1CC(NCc2ccccc2OCC(=O)N2CCCCC2)CC1=O. The summed E-state index contributed by atoms with van der Waals surface area (Å²) in [4.78, 5) is 28.2. The monoisotopic (exact) mass is 373 g/mol. The average Bonchev–Trinajstić information content (AvgIpc) is 3.05. The number of likely N-dealkylation sites (tertiary alicyclic amines) is 2. The first-order valence-electron chi connectivity index (χ1n) is 10.2. The topological polar surface area (TPSA) is 61.9 Å². The molecule has 148 valence electrons. The molecule has 2 heterocycles. The molecule has 0 aliphatic carbocycles. The Labute approximate surface area is 161 Å². The van der Waals surface area contributed by atoms with Gasteiger partial charge in [0.05, 0.1) is 0 Å². The number of hydrogen-bond acceptors (Lipinski definition) is 4. The fraction of sp³-hybridized carbons (Fsp3) is 0.619. The van der Waals surface area contributed by atoms with Crippen molar-refractivity contribution in [2.45, 2.75) is 51.6 Å². The molecule has 2 aliphatic rings. The highest BCUT2D eigenvalue weighted by atomic mass is 16.5. The van der Waals surface area contributed by atoms with E-state index in [0.717, 1.165) is 56.8 Å². The van der Waals surface area contributed by atoms with Gasteiger partial charge >= 0.3 is 0 Å². The van der Waals surface area contributed by atoms with E-state index in [1.807, 2.05) is 34.1 Å². The van der Waals surface area contributed by atoms with Crippen molar-refractivity contribution in [2.24, 2.45) is 0 Å². The molecular formula is C21H31N3O3. The summed E-state index contributed by atoms with van der Waals surface area (Å²) in [5, 5.41) is 3.47. The van der Waals surface area contributed by atoms with Crippen molar-refractivity contribution in [3.05, 3.63) is 29.8 Å². The first kappa shape index (κ1) is 19.7. The molecule has 0 radical (unpaired) electrons. The standard InChI is InChI=1S/C21H31N3O3/c1-2-10-24-15-18(13-20(24)25)22-14-17-8-4-5-9-19(17)27-16-21(26)23-11-6-3-7-12-23/h4-5,8-9,18,22H,2-3,6-7,10-16H2,1H3. The second-order valence-corrected chi connectivity index (χ2v) is 7.46. The lowest BCUT2D eigenvalue weighted by molar-refractivity contribution is -0.134. The van der Waals surface area contributed by atoms with Gasteiger partial charge in [0.2, 0.25) is 5.91 Å². The van der Waals surface area contributed by atoms with Crippen LogP contribution in [-0.4, -0.2) is 60.4 Å². The molecule has 2 aliphatic heterocycles. The number of para-hydroxylation sites is 1. The molecule has 0 saturated carbocycles. The Balaban J connectivity index is 1.50. The fourth-order valence-corrected chi connectivity index (χ4v) is 3.81. The molecule has 0 aromatic heterocycles. The fourth-order valence-electron chi connectivity index (χ4n) is 3.81. The lowest BCUT2D eigenvalue weighted by Gasteiger charge is -2.26. The maximum atomic E-state index is 12.3. The van der Waals surface area contributed by atoms with Gasteiger partial charge in [-0.15, -0.1) is 0 Å². The third kappa shape index (κ3) is 5.45. The summed E-state index contributed by atoms with van der Waals surface area (Å²) in [5.41, 5.74) is 1.02. The highest BCUT2D eigenvalue weighted by Crippen LogP contribution is 2.20. The molecule has 6 heteroatoms. The number of nitrogens with one attached hydrogen (secondary N) is 1. The van der Waals surface area contributed by atoms with Crippen LogP contribution in [0.3, 0.4) is 0 Å². The van der Waals surface area contributed by atoms with Crippen LogP contribution in [0, 0.1) is 0 Å². The van der Waals surface area contributed by atoms with Crippen LogP contribution < -0.4 is 10.1 Å². The Hall–Kier alpha value is -2.08. The molecule has 2 saturated heterocycles. The van der Waals surface area contributed by atoms with Crippen LogP contribution in [0.2, 0.25) is 0 Å². The summed E-state index contributed by atoms with van der Waals surface area (Å²) < 4.78 is 5.84. The van der Waals surface area contributed by atoms with E-state index in [1.54, 1.807) is 0 Å². The molecule has 1 aromatic carbocycles. The number of carbonyl (C=O) groups is 2. The summed E-state index contributed by atoms with van der Waals surface area (Å²) in [6.45, 7) is 6.09. The lowest BCUT2D eigenvalue weighted by atomic mass is 10.1. The zero-order valence-electron chi connectivity index (χ0n) is 16.3.